The number of Topliss-reactive ketones (excluding diaryl/α,β-unsaturated/α-hetero) is 1. The number of rotatable bonds is 6. The van der Waals surface area contributed by atoms with Crippen LogP contribution >= 0.6 is 0 Å². The summed E-state index contributed by atoms with van der Waals surface area (Å²) in [5.74, 6) is 0.896. The van der Waals surface area contributed by atoms with E-state index in [2.05, 4.69) is 45.0 Å². The van der Waals surface area contributed by atoms with E-state index in [0.29, 0.717) is 18.1 Å². The van der Waals surface area contributed by atoms with Gasteiger partial charge in [0.2, 0.25) is 0 Å². The maximum atomic E-state index is 11.8. The van der Waals surface area contributed by atoms with Gasteiger partial charge in [0, 0.05) is 12.8 Å². The minimum Gasteiger partial charge on any atom is -0.299 e. The fourth-order valence-electron chi connectivity index (χ4n) is 1.99. The van der Waals surface area contributed by atoms with Gasteiger partial charge >= 0.3 is 0 Å². The lowest BCUT2D eigenvalue weighted by Gasteiger charge is -2.08. The molecule has 0 aliphatic rings. The number of hydrogen-bond acceptors (Lipinski definition) is 1. The van der Waals surface area contributed by atoms with Crippen LogP contribution in [0.15, 0.2) is 24.3 Å². The first-order chi connectivity index (χ1) is 7.61. The molecule has 0 bridgehead atoms. The third-order valence-corrected chi connectivity index (χ3v) is 2.88. The first kappa shape index (κ1) is 13.0. The molecule has 0 aliphatic heterocycles. The van der Waals surface area contributed by atoms with Crippen LogP contribution in [-0.2, 0) is 11.2 Å². The maximum Gasteiger partial charge on any atom is 0.137 e. The molecule has 1 unspecified atom stereocenters. The average Bonchev–Trinajstić information content (AvgIpc) is 2.21. The van der Waals surface area contributed by atoms with Gasteiger partial charge in [0.15, 0.2) is 0 Å². The Balaban J connectivity index is 2.42. The van der Waals surface area contributed by atoms with Crippen molar-refractivity contribution in [1.29, 1.82) is 0 Å². The smallest absolute Gasteiger partial charge is 0.137 e. The minimum atomic E-state index is 0.366. The van der Waals surface area contributed by atoms with Gasteiger partial charge in [0.25, 0.3) is 0 Å². The van der Waals surface area contributed by atoms with Crippen molar-refractivity contribution in [3.8, 4) is 0 Å². The van der Waals surface area contributed by atoms with Gasteiger partial charge in [-0.05, 0) is 18.4 Å². The Labute approximate surface area is 98.9 Å². The largest absolute Gasteiger partial charge is 0.299 e. The Kier molecular flexibility index (Phi) is 5.24. The molecule has 0 aromatic heterocycles. The van der Waals surface area contributed by atoms with Gasteiger partial charge in [-0.15, -0.1) is 0 Å². The molecule has 16 heavy (non-hydrogen) atoms. The summed E-state index contributed by atoms with van der Waals surface area (Å²) in [5.41, 5.74) is 2.38. The number of carbonyl (C=O) groups is 1. The van der Waals surface area contributed by atoms with Crippen LogP contribution in [0.5, 0.6) is 0 Å². The molecule has 0 heterocycles. The van der Waals surface area contributed by atoms with Crippen molar-refractivity contribution in [1.82, 2.24) is 0 Å². The van der Waals surface area contributed by atoms with Crippen LogP contribution in [0.1, 0.15) is 44.2 Å². The van der Waals surface area contributed by atoms with Crippen LogP contribution in [0.3, 0.4) is 0 Å². The monoisotopic (exact) mass is 218 g/mol. The lowest BCUT2D eigenvalue weighted by Crippen LogP contribution is -2.08. The summed E-state index contributed by atoms with van der Waals surface area (Å²) in [7, 11) is 0. The number of ketones is 1. The van der Waals surface area contributed by atoms with Crippen molar-refractivity contribution < 1.29 is 4.79 Å². The standard InChI is InChI=1S/C15H22O/c1-4-5-13(3)10-15(16)11-14-8-6-12(2)7-9-14/h6-9,13H,4-5,10-11H2,1-3H3. The van der Waals surface area contributed by atoms with E-state index >= 15 is 0 Å². The average molecular weight is 218 g/mol. The molecule has 1 nitrogen and oxygen atoms in total. The van der Waals surface area contributed by atoms with E-state index in [9.17, 15) is 4.79 Å². The number of aryl methyl sites for hydroxylation is 1. The summed E-state index contributed by atoms with van der Waals surface area (Å²) in [6, 6.07) is 8.24. The predicted octanol–water partition coefficient (Wildman–Crippen LogP) is 3.93. The second-order valence-corrected chi connectivity index (χ2v) is 4.80. The molecule has 1 aromatic rings. The quantitative estimate of drug-likeness (QED) is 0.707. The molecule has 0 saturated heterocycles. The third-order valence-electron chi connectivity index (χ3n) is 2.88. The third kappa shape index (κ3) is 4.61. The summed E-state index contributed by atoms with van der Waals surface area (Å²) < 4.78 is 0. The van der Waals surface area contributed by atoms with Crippen LogP contribution in [0.4, 0.5) is 0 Å². The lowest BCUT2D eigenvalue weighted by molar-refractivity contribution is -0.119. The summed E-state index contributed by atoms with van der Waals surface area (Å²) >= 11 is 0. The summed E-state index contributed by atoms with van der Waals surface area (Å²) in [5, 5.41) is 0. The van der Waals surface area contributed by atoms with Gasteiger partial charge in [-0.25, -0.2) is 0 Å². The molecular weight excluding hydrogens is 196 g/mol. The van der Waals surface area contributed by atoms with E-state index in [4.69, 9.17) is 0 Å². The molecule has 0 saturated carbocycles. The van der Waals surface area contributed by atoms with Crippen molar-refractivity contribution in [2.45, 2.75) is 46.5 Å². The zero-order valence-corrected chi connectivity index (χ0v) is 10.6. The Bertz CT molecular complexity index is 324. The predicted molar refractivity (Wildman–Crippen MR) is 68.6 cm³/mol. The Morgan fingerprint density at radius 2 is 1.88 bits per heavy atom. The van der Waals surface area contributed by atoms with Gasteiger partial charge in [-0.2, -0.15) is 0 Å². The highest BCUT2D eigenvalue weighted by molar-refractivity contribution is 5.81. The van der Waals surface area contributed by atoms with Gasteiger partial charge in [0.05, 0.1) is 0 Å². The van der Waals surface area contributed by atoms with Crippen molar-refractivity contribution >= 4 is 5.78 Å². The summed E-state index contributed by atoms with van der Waals surface area (Å²) in [6.45, 7) is 6.40. The van der Waals surface area contributed by atoms with Crippen molar-refractivity contribution in [3.05, 3.63) is 35.4 Å². The molecule has 1 rings (SSSR count). The van der Waals surface area contributed by atoms with Crippen LogP contribution in [-0.4, -0.2) is 5.78 Å². The van der Waals surface area contributed by atoms with E-state index in [1.54, 1.807) is 0 Å². The first-order valence-electron chi connectivity index (χ1n) is 6.19. The molecule has 1 heteroatoms. The van der Waals surface area contributed by atoms with Gasteiger partial charge in [0.1, 0.15) is 5.78 Å². The molecule has 0 aliphatic carbocycles. The Morgan fingerprint density at radius 1 is 1.25 bits per heavy atom. The van der Waals surface area contributed by atoms with Crippen molar-refractivity contribution in [2.24, 2.45) is 5.92 Å². The van der Waals surface area contributed by atoms with E-state index in [1.165, 1.54) is 12.0 Å². The first-order valence-corrected chi connectivity index (χ1v) is 6.19. The minimum absolute atomic E-state index is 0.366. The lowest BCUT2D eigenvalue weighted by atomic mass is 9.96. The Hall–Kier alpha value is -1.11. The van der Waals surface area contributed by atoms with E-state index in [-0.39, 0.29) is 0 Å². The van der Waals surface area contributed by atoms with Crippen molar-refractivity contribution in [3.63, 3.8) is 0 Å². The molecule has 0 N–H and O–H groups in total. The highest BCUT2D eigenvalue weighted by Crippen LogP contribution is 2.13. The highest BCUT2D eigenvalue weighted by atomic mass is 16.1. The Morgan fingerprint density at radius 3 is 2.44 bits per heavy atom. The summed E-state index contributed by atoms with van der Waals surface area (Å²) in [6.07, 6.45) is 3.63. The zero-order valence-electron chi connectivity index (χ0n) is 10.6. The highest BCUT2D eigenvalue weighted by Gasteiger charge is 2.08. The maximum absolute atomic E-state index is 11.8. The van der Waals surface area contributed by atoms with E-state index < -0.39 is 0 Å². The topological polar surface area (TPSA) is 17.1 Å². The van der Waals surface area contributed by atoms with E-state index in [0.717, 1.165) is 18.4 Å². The van der Waals surface area contributed by atoms with Crippen LogP contribution in [0.2, 0.25) is 0 Å². The molecule has 0 radical (unpaired) electrons. The normalized spacial score (nSPS) is 12.4. The molecule has 0 fully saturated rings. The molecule has 88 valence electrons. The van der Waals surface area contributed by atoms with Gasteiger partial charge in [-0.3, -0.25) is 4.79 Å². The molecule has 1 atom stereocenters. The zero-order chi connectivity index (χ0) is 12.0. The van der Waals surface area contributed by atoms with Gasteiger partial charge < -0.3 is 0 Å². The van der Waals surface area contributed by atoms with Crippen molar-refractivity contribution in [2.75, 3.05) is 0 Å². The fraction of sp³-hybridized carbons (Fsp3) is 0.533. The molecular formula is C15H22O. The van der Waals surface area contributed by atoms with Crippen LogP contribution in [0, 0.1) is 12.8 Å². The van der Waals surface area contributed by atoms with Crippen LogP contribution < -0.4 is 0 Å². The molecule has 0 spiro atoms. The molecule has 1 aromatic carbocycles. The number of hydrogen-bond donors (Lipinski definition) is 0. The van der Waals surface area contributed by atoms with Crippen LogP contribution in [0.25, 0.3) is 0 Å². The fourth-order valence-corrected chi connectivity index (χ4v) is 1.99. The summed E-state index contributed by atoms with van der Waals surface area (Å²) in [4.78, 5) is 11.8. The van der Waals surface area contributed by atoms with Gasteiger partial charge in [-0.1, -0.05) is 56.5 Å². The number of carbonyl (C=O) groups excluding carboxylic acids is 1. The second kappa shape index (κ2) is 6.47. The SMILES string of the molecule is CCCC(C)CC(=O)Cc1ccc(C)cc1. The second-order valence-electron chi connectivity index (χ2n) is 4.80. The molecule has 0 amide bonds. The van der Waals surface area contributed by atoms with E-state index in [1.807, 2.05) is 0 Å². The number of benzene rings is 1.